The zero-order valence-electron chi connectivity index (χ0n) is 24.4. The number of piperazine rings is 1. The number of nitrogens with one attached hydrogen (secondary N) is 1. The molecule has 0 amide bonds. The third kappa shape index (κ3) is 4.51. The van der Waals surface area contributed by atoms with Crippen LogP contribution in [0.15, 0.2) is 60.0 Å². The number of hydrogen-bond acceptors (Lipinski definition) is 8. The fourth-order valence-electron chi connectivity index (χ4n) is 6.20. The number of aliphatic hydroxyl groups is 1. The Morgan fingerprint density at radius 2 is 1.90 bits per heavy atom. The van der Waals surface area contributed by atoms with Crippen LogP contribution in [0.2, 0.25) is 0 Å². The number of nitrogens with zero attached hydrogens (tertiary/aromatic N) is 7. The Kier molecular flexibility index (Phi) is 6.10. The van der Waals surface area contributed by atoms with Gasteiger partial charge >= 0.3 is 0 Å². The molecule has 0 bridgehead atoms. The summed E-state index contributed by atoms with van der Waals surface area (Å²) in [6.45, 7) is 11.5. The van der Waals surface area contributed by atoms with Crippen LogP contribution in [0, 0.1) is 5.41 Å². The van der Waals surface area contributed by atoms with Gasteiger partial charge in [-0.3, -0.25) is 4.79 Å². The predicted octanol–water partition coefficient (Wildman–Crippen LogP) is 3.81. The van der Waals surface area contributed by atoms with Crippen LogP contribution in [-0.4, -0.2) is 67.0 Å². The monoisotopic (exact) mass is 553 g/mol. The fourth-order valence-corrected chi connectivity index (χ4v) is 6.20. The molecule has 1 spiro atoms. The van der Waals surface area contributed by atoms with Crippen molar-refractivity contribution in [2.45, 2.75) is 45.2 Å². The molecule has 0 radical (unpaired) electrons. The van der Waals surface area contributed by atoms with Crippen molar-refractivity contribution in [1.82, 2.24) is 29.2 Å². The highest BCUT2D eigenvalue weighted by molar-refractivity contribution is 5.77. The minimum absolute atomic E-state index is 0.236. The molecule has 1 aromatic carbocycles. The second-order valence-corrected chi connectivity index (χ2v) is 11.3. The Bertz CT molecular complexity index is 1720. The van der Waals surface area contributed by atoms with Crippen LogP contribution in [0.5, 0.6) is 0 Å². The summed E-state index contributed by atoms with van der Waals surface area (Å²) in [4.78, 5) is 32.3. The lowest BCUT2D eigenvalue weighted by Gasteiger charge is -2.35. The van der Waals surface area contributed by atoms with E-state index in [1.807, 2.05) is 24.3 Å². The van der Waals surface area contributed by atoms with E-state index in [1.54, 1.807) is 10.8 Å². The molecular weight excluding hydrogens is 516 g/mol. The van der Waals surface area contributed by atoms with Crippen LogP contribution in [0.1, 0.15) is 44.9 Å². The van der Waals surface area contributed by atoms with Gasteiger partial charge in [0, 0.05) is 49.2 Å². The Morgan fingerprint density at radius 1 is 1.12 bits per heavy atom. The van der Waals surface area contributed by atoms with E-state index in [-0.39, 0.29) is 12.1 Å². The maximum atomic E-state index is 13.4. The topological polar surface area (TPSA) is 104 Å². The summed E-state index contributed by atoms with van der Waals surface area (Å²) >= 11 is 0. The summed E-state index contributed by atoms with van der Waals surface area (Å²) in [6, 6.07) is 12.0. The van der Waals surface area contributed by atoms with E-state index in [4.69, 9.17) is 11.3 Å². The average molecular weight is 554 g/mol. The second-order valence-electron chi connectivity index (χ2n) is 11.3. The molecule has 1 atom stereocenters. The molecule has 41 heavy (non-hydrogen) atoms. The zero-order chi connectivity index (χ0) is 29.1. The lowest BCUT2D eigenvalue weighted by Crippen LogP contribution is -2.46. The van der Waals surface area contributed by atoms with Crippen LogP contribution in [0.3, 0.4) is 0 Å². The first-order valence-corrected chi connectivity index (χ1v) is 14.5. The highest BCUT2D eigenvalue weighted by Gasteiger charge is 2.52. The lowest BCUT2D eigenvalue weighted by molar-refractivity contribution is 0.0734. The van der Waals surface area contributed by atoms with Gasteiger partial charge < -0.3 is 20.2 Å². The fraction of sp³-hybridized carbons (Fsp3) is 0.419. The Balaban J connectivity index is 1.23. The van der Waals surface area contributed by atoms with Crippen LogP contribution in [-0.2, 0) is 13.0 Å². The normalized spacial score (nSPS) is 22.0. The highest BCUT2D eigenvalue weighted by Crippen LogP contribution is 2.60. The van der Waals surface area contributed by atoms with Crippen LogP contribution >= 0.6 is 0 Å². The molecule has 1 unspecified atom stereocenters. The van der Waals surface area contributed by atoms with Gasteiger partial charge in [0.1, 0.15) is 11.5 Å². The summed E-state index contributed by atoms with van der Waals surface area (Å²) in [5, 5.41) is 14.9. The molecule has 3 aromatic heterocycles. The minimum Gasteiger partial charge on any atom is -0.386 e. The van der Waals surface area contributed by atoms with Gasteiger partial charge in [0.15, 0.2) is 11.5 Å². The number of allylic oxidation sites excluding steroid dienone is 1. The lowest BCUT2D eigenvalue weighted by atomic mass is 9.82. The Morgan fingerprint density at radius 3 is 2.61 bits per heavy atom. The third-order valence-electron chi connectivity index (χ3n) is 8.92. The summed E-state index contributed by atoms with van der Waals surface area (Å²) < 4.78 is 12.0. The molecule has 7 rings (SSSR count). The number of aryl methyl sites for hydroxylation is 1. The van der Waals surface area contributed by atoms with E-state index >= 15 is 0 Å². The van der Waals surface area contributed by atoms with Crippen molar-refractivity contribution >= 4 is 28.4 Å². The second kappa shape index (κ2) is 10.1. The van der Waals surface area contributed by atoms with E-state index in [9.17, 15) is 9.90 Å². The number of pyridine rings is 1. The third-order valence-corrected chi connectivity index (χ3v) is 8.92. The minimum atomic E-state index is -1.76. The molecule has 2 fully saturated rings. The number of aromatic nitrogens is 5. The van der Waals surface area contributed by atoms with Gasteiger partial charge in [-0.15, -0.1) is 6.58 Å². The number of likely N-dealkylation sites (N-methyl/N-ethyl adjacent to an activating group) is 1. The van der Waals surface area contributed by atoms with Gasteiger partial charge in [-0.1, -0.05) is 19.1 Å². The number of anilines is 3. The summed E-state index contributed by atoms with van der Waals surface area (Å²) in [5.74, 6) is 0.770. The van der Waals surface area contributed by atoms with Gasteiger partial charge in [-0.05, 0) is 68.1 Å². The first kappa shape index (κ1) is 24.8. The summed E-state index contributed by atoms with van der Waals surface area (Å²) in [7, 11) is 0. The standard InChI is InChI=1S/C31H36N8O2/c1-3-15-38-29(41)24-20-32-30(33-22-6-8-23(9-7-22)37-18-16-36(4-2)17-19-37)35-28(24)39(38)25-10-5-21-11-12-31(13-14-31)27(40)26(21)34-25/h3,5-10,20,27,40H,1,4,11-19H2,2H3,(H,32,33,35)/i27D. The molecule has 1 saturated heterocycles. The SMILES string of the molecule is [2H]C1(O)c2nc(-n3c4nc(Nc5ccc(N6CCN(CC)CC6)cc5)ncc4c(=O)n3CC=C)ccc2CCC12CC2. The van der Waals surface area contributed by atoms with Crippen LogP contribution in [0.25, 0.3) is 16.9 Å². The van der Waals surface area contributed by atoms with E-state index in [1.165, 1.54) is 16.6 Å². The summed E-state index contributed by atoms with van der Waals surface area (Å²) in [6.07, 6.45) is 4.62. The molecule has 4 aromatic rings. The van der Waals surface area contributed by atoms with Crippen LogP contribution in [0.4, 0.5) is 17.3 Å². The van der Waals surface area contributed by atoms with Crippen molar-refractivity contribution in [3.8, 4) is 5.82 Å². The highest BCUT2D eigenvalue weighted by atomic mass is 16.3. The smallest absolute Gasteiger partial charge is 0.278 e. The molecule has 10 heteroatoms. The van der Waals surface area contributed by atoms with Crippen molar-refractivity contribution in [1.29, 1.82) is 0 Å². The Hall–Kier alpha value is -4.02. The molecule has 10 nitrogen and oxygen atoms in total. The van der Waals surface area contributed by atoms with Gasteiger partial charge in [0.25, 0.3) is 5.56 Å². The van der Waals surface area contributed by atoms with Crippen molar-refractivity contribution in [3.05, 3.63) is 76.9 Å². The van der Waals surface area contributed by atoms with Crippen LogP contribution < -0.4 is 15.8 Å². The molecule has 1 aliphatic heterocycles. The first-order chi connectivity index (χ1) is 20.3. The van der Waals surface area contributed by atoms with Crippen molar-refractivity contribution < 1.29 is 6.48 Å². The quantitative estimate of drug-likeness (QED) is 0.333. The molecule has 4 heterocycles. The van der Waals surface area contributed by atoms with E-state index in [2.05, 4.69) is 45.7 Å². The maximum Gasteiger partial charge on any atom is 0.278 e. The number of rotatable bonds is 7. The van der Waals surface area contributed by atoms with E-state index in [0.29, 0.717) is 28.5 Å². The van der Waals surface area contributed by atoms with Crippen molar-refractivity contribution in [3.63, 3.8) is 0 Å². The average Bonchev–Trinajstić information content (AvgIpc) is 3.76. The van der Waals surface area contributed by atoms with Gasteiger partial charge in [-0.2, -0.15) is 4.98 Å². The molecule has 1 saturated carbocycles. The summed E-state index contributed by atoms with van der Waals surface area (Å²) in [5.41, 5.74) is 2.96. The maximum absolute atomic E-state index is 13.4. The van der Waals surface area contributed by atoms with E-state index in [0.717, 1.165) is 69.7 Å². The van der Waals surface area contributed by atoms with Crippen molar-refractivity contribution in [2.24, 2.45) is 5.41 Å². The number of hydrogen-bond donors (Lipinski definition) is 2. The zero-order valence-corrected chi connectivity index (χ0v) is 23.4. The van der Waals surface area contributed by atoms with Gasteiger partial charge in [-0.25, -0.2) is 19.3 Å². The largest absolute Gasteiger partial charge is 0.386 e. The first-order valence-electron chi connectivity index (χ1n) is 15.0. The molecule has 2 aliphatic carbocycles. The molecule has 212 valence electrons. The Labute approximate surface area is 240 Å². The number of benzene rings is 1. The van der Waals surface area contributed by atoms with Crippen molar-refractivity contribution in [2.75, 3.05) is 42.9 Å². The van der Waals surface area contributed by atoms with Gasteiger partial charge in [0.2, 0.25) is 5.95 Å². The molecular formula is C31H36N8O2. The van der Waals surface area contributed by atoms with E-state index < -0.39 is 11.5 Å². The molecule has 2 N–H and O–H groups in total. The predicted molar refractivity (Wildman–Crippen MR) is 160 cm³/mol. The van der Waals surface area contributed by atoms with Gasteiger partial charge in [0.05, 0.1) is 13.6 Å². The molecule has 3 aliphatic rings. The number of fused-ring (bicyclic) bond motifs is 2.